The Balaban J connectivity index is 1.27. The lowest BCUT2D eigenvalue weighted by atomic mass is 9.79. The number of benzene rings is 4. The van der Waals surface area contributed by atoms with E-state index in [1.807, 2.05) is 78.9 Å². The number of nitrogens with zero attached hydrogens (tertiary/aromatic N) is 4. The monoisotopic (exact) mass is 1180 g/mol. The second kappa shape index (κ2) is 23.6. The first-order valence-electron chi connectivity index (χ1n) is 26.5. The van der Waals surface area contributed by atoms with Gasteiger partial charge in [0.1, 0.15) is 35.2 Å². The summed E-state index contributed by atoms with van der Waals surface area (Å²) in [6.45, 7) is 14.8. The molecule has 432 valence electrons. The predicted octanol–water partition coefficient (Wildman–Crippen LogP) is 6.77. The van der Waals surface area contributed by atoms with Crippen LogP contribution < -0.4 is 26.2 Å². The average Bonchev–Trinajstić information content (AvgIpc) is 2.71. The third-order valence-corrected chi connectivity index (χ3v) is 16.5. The van der Waals surface area contributed by atoms with Gasteiger partial charge in [-0.1, -0.05) is 69.3 Å². The van der Waals surface area contributed by atoms with E-state index >= 15 is 0 Å². The molecule has 0 unspecified atom stereocenters. The summed E-state index contributed by atoms with van der Waals surface area (Å²) in [4.78, 5) is 64.6. The van der Waals surface area contributed by atoms with Crippen LogP contribution in [0, 0.1) is 0 Å². The number of pyridine rings is 2. The number of rotatable bonds is 21. The Labute approximate surface area is 476 Å². The quantitative estimate of drug-likeness (QED) is 0.0320. The minimum absolute atomic E-state index is 0.0163. The molecule has 24 heteroatoms. The lowest BCUT2D eigenvalue weighted by Gasteiger charge is -2.27. The maximum Gasteiger partial charge on any atom is 0.283 e. The predicted molar refractivity (Wildman–Crippen MR) is 313 cm³/mol. The molecule has 21 nitrogen and oxygen atoms in total. The van der Waals surface area contributed by atoms with Crippen molar-refractivity contribution in [2.45, 2.75) is 72.1 Å². The van der Waals surface area contributed by atoms with E-state index in [1.54, 1.807) is 26.0 Å². The van der Waals surface area contributed by atoms with Crippen molar-refractivity contribution in [3.8, 4) is 22.3 Å². The smallest absolute Gasteiger partial charge is 0.283 e. The van der Waals surface area contributed by atoms with Crippen LogP contribution in [0.5, 0.6) is 0 Å². The maximum atomic E-state index is 13.6. The molecule has 0 saturated carbocycles. The van der Waals surface area contributed by atoms with Crippen molar-refractivity contribution in [2.75, 3.05) is 55.0 Å². The van der Waals surface area contributed by atoms with Crippen molar-refractivity contribution in [3.05, 3.63) is 143 Å². The Morgan fingerprint density at radius 3 is 1.62 bits per heavy atom. The fraction of sp³-hybridized carbons (Fsp3) is 0.328. The van der Waals surface area contributed by atoms with Crippen LogP contribution in [0.25, 0.3) is 43.8 Å². The number of fused-ring (bicyclic) bond motifs is 6. The first-order chi connectivity index (χ1) is 38.6. The van der Waals surface area contributed by atoms with Crippen molar-refractivity contribution in [3.63, 3.8) is 0 Å². The fourth-order valence-electron chi connectivity index (χ4n) is 10.8. The maximum absolute atomic E-state index is 13.6. The van der Waals surface area contributed by atoms with Gasteiger partial charge >= 0.3 is 0 Å². The highest BCUT2D eigenvalue weighted by molar-refractivity contribution is 7.86. The molecule has 6 aromatic rings. The van der Waals surface area contributed by atoms with Crippen LogP contribution in [0.3, 0.4) is 0 Å². The zero-order valence-electron chi connectivity index (χ0n) is 46.3. The molecular formula is C58H64N8O13S3. The van der Waals surface area contributed by atoms with Crippen molar-refractivity contribution in [1.82, 2.24) is 31.2 Å². The highest BCUT2D eigenvalue weighted by Crippen LogP contribution is 2.53. The number of carbonyl (C=O) groups is 4. The van der Waals surface area contributed by atoms with E-state index in [2.05, 4.69) is 75.3 Å². The summed E-state index contributed by atoms with van der Waals surface area (Å²) in [5, 5.41) is 13.2. The molecule has 82 heavy (non-hydrogen) atoms. The molecule has 0 atom stereocenters. The van der Waals surface area contributed by atoms with Crippen LogP contribution in [-0.2, 0) is 41.2 Å². The van der Waals surface area contributed by atoms with Gasteiger partial charge in [-0.05, 0) is 121 Å². The van der Waals surface area contributed by atoms with E-state index in [4.69, 9.17) is 0 Å². The lowest BCUT2D eigenvalue weighted by Crippen LogP contribution is -2.32. The largest absolute Gasteiger partial charge is 0.748 e. The molecule has 0 fully saturated rings. The molecule has 2 aromatic heterocycles. The Bertz CT molecular complexity index is 4030. The SMILES string of the molecule is CCCN1/C(=C/C=C/C2=[N+](CCCS(=O)(=O)[O-])c3c(cc(-c4cc(C(=O)NCC)nc(C(=O)NCC)c4)c4ccccc34)C2(C)C)C(C)(C)c2cc(-c3cc(C(=O)NCCS(=O)(=O)O)nc(C(=O)NCS(=O)(=O)O)c3)c3ccccc3c21. The normalized spacial score (nSPS) is 15.3. The number of hydrogen-bond acceptors (Lipinski definition) is 14. The number of amides is 4. The lowest BCUT2D eigenvalue weighted by molar-refractivity contribution is -0.435. The molecule has 4 heterocycles. The Kier molecular flexibility index (Phi) is 17.4. The van der Waals surface area contributed by atoms with Gasteiger partial charge in [-0.25, -0.2) is 18.4 Å². The van der Waals surface area contributed by atoms with Gasteiger partial charge in [0, 0.05) is 66.5 Å². The highest BCUT2D eigenvalue weighted by atomic mass is 32.2. The topological polar surface area (TPSA) is 314 Å². The molecule has 0 saturated heterocycles. The molecule has 6 N–H and O–H groups in total. The molecular weight excluding hydrogens is 1110 g/mol. The first-order valence-corrected chi connectivity index (χ1v) is 31.3. The molecule has 2 aliphatic rings. The molecule has 0 aliphatic carbocycles. The van der Waals surface area contributed by atoms with Crippen LogP contribution in [0.2, 0.25) is 0 Å². The molecule has 0 bridgehead atoms. The minimum atomic E-state index is -4.67. The minimum Gasteiger partial charge on any atom is -0.748 e. The molecule has 4 aromatic carbocycles. The summed E-state index contributed by atoms with van der Waals surface area (Å²) in [6.07, 6.45) is 6.71. The summed E-state index contributed by atoms with van der Waals surface area (Å²) in [5.74, 6) is -5.38. The summed E-state index contributed by atoms with van der Waals surface area (Å²) in [7, 11) is -13.7. The van der Waals surface area contributed by atoms with Gasteiger partial charge in [0.15, 0.2) is 5.71 Å². The standard InChI is InChI=1S/C58H64N8O13S3/c1-8-24-65-49(57(4,5)43-32-41(37-17-11-13-19-39(37)51(43)65)36-30-47(55(69)61-23-27-81(74,75)76)64-48(31-36)56(70)62-34-82(77,78)79)21-15-22-50-58(6,7)44-33-42(35-28-45(53(67)59-9-2)63-46(29-35)54(68)60-10-3)38-18-12-14-20-40(38)52(44)66(50)25-16-26-80(71,72)73/h11-15,17-22,28-33H,8-10,16,23-27,34H2,1-7H3,(H6-,59,60,61,62,67,68,69,70,71,72,73,74,75,76,77,78,79). The zero-order valence-corrected chi connectivity index (χ0v) is 48.7. The number of aromatic nitrogens is 2. The van der Waals surface area contributed by atoms with Gasteiger partial charge in [-0.3, -0.25) is 28.3 Å². The van der Waals surface area contributed by atoms with Gasteiger partial charge in [-0.2, -0.15) is 21.4 Å². The van der Waals surface area contributed by atoms with Gasteiger partial charge in [0.2, 0.25) is 5.69 Å². The van der Waals surface area contributed by atoms with Crippen molar-refractivity contribution in [1.29, 1.82) is 0 Å². The summed E-state index contributed by atoms with van der Waals surface area (Å²) >= 11 is 0. The number of allylic oxidation sites excluding steroid dienone is 4. The Morgan fingerprint density at radius 2 is 1.12 bits per heavy atom. The first kappa shape index (κ1) is 60.4. The summed E-state index contributed by atoms with van der Waals surface area (Å²) in [5.41, 5.74) is 5.17. The van der Waals surface area contributed by atoms with Crippen LogP contribution in [-0.4, -0.2) is 133 Å². The molecule has 0 radical (unpaired) electrons. The molecule has 2 aliphatic heterocycles. The van der Waals surface area contributed by atoms with Crippen LogP contribution in [0.15, 0.2) is 109 Å². The van der Waals surface area contributed by atoms with Gasteiger partial charge in [0.05, 0.1) is 32.4 Å². The van der Waals surface area contributed by atoms with Gasteiger partial charge in [-0.15, -0.1) is 0 Å². The molecule has 0 spiro atoms. The third kappa shape index (κ3) is 12.8. The average molecular weight is 1180 g/mol. The van der Waals surface area contributed by atoms with Crippen LogP contribution in [0.1, 0.15) is 114 Å². The van der Waals surface area contributed by atoms with Crippen LogP contribution in [0.4, 0.5) is 11.4 Å². The second-order valence-electron chi connectivity index (χ2n) is 20.9. The van der Waals surface area contributed by atoms with Gasteiger partial charge < -0.3 is 30.7 Å². The van der Waals surface area contributed by atoms with E-state index in [-0.39, 0.29) is 35.7 Å². The van der Waals surface area contributed by atoms with Gasteiger partial charge in [0.25, 0.3) is 43.9 Å². The Hall–Kier alpha value is -7.74. The van der Waals surface area contributed by atoms with E-state index in [9.17, 15) is 58.1 Å². The summed E-state index contributed by atoms with van der Waals surface area (Å²) < 4.78 is 103. The van der Waals surface area contributed by atoms with Crippen LogP contribution >= 0.6 is 0 Å². The highest BCUT2D eigenvalue weighted by Gasteiger charge is 2.46. The number of nitrogens with one attached hydrogen (secondary N) is 4. The second-order valence-corrected chi connectivity index (χ2v) is 25.5. The zero-order chi connectivity index (χ0) is 59.7. The molecule has 4 amide bonds. The molecule has 8 rings (SSSR count). The van der Waals surface area contributed by atoms with E-state index in [0.29, 0.717) is 41.7 Å². The number of hydrogen-bond donors (Lipinski definition) is 6. The third-order valence-electron chi connectivity index (χ3n) is 14.5. The fourth-order valence-corrected chi connectivity index (χ4v) is 12.0. The van der Waals surface area contributed by atoms with E-state index in [1.165, 1.54) is 12.1 Å². The van der Waals surface area contributed by atoms with Crippen molar-refractivity contribution >= 4 is 92.6 Å². The Morgan fingerprint density at radius 1 is 0.634 bits per heavy atom. The van der Waals surface area contributed by atoms with Crippen molar-refractivity contribution < 1.29 is 62.7 Å². The van der Waals surface area contributed by atoms with E-state index < -0.39 is 88.7 Å². The number of anilines is 1. The van der Waals surface area contributed by atoms with E-state index in [0.717, 1.165) is 62.1 Å². The number of carbonyl (C=O) groups excluding carboxylic acids is 4. The van der Waals surface area contributed by atoms with Crippen molar-refractivity contribution in [2.24, 2.45) is 0 Å². The summed E-state index contributed by atoms with van der Waals surface area (Å²) in [6, 6.07) is 25.3.